The van der Waals surface area contributed by atoms with Crippen LogP contribution in [0.5, 0.6) is 0 Å². The van der Waals surface area contributed by atoms with Gasteiger partial charge < -0.3 is 10.2 Å². The fraction of sp³-hybridized carbons (Fsp3) is 1.00. The lowest BCUT2D eigenvalue weighted by atomic mass is 9.81. The smallest absolute Gasteiger partial charge is 0.251 e. The highest BCUT2D eigenvalue weighted by molar-refractivity contribution is 4.93. The van der Waals surface area contributed by atoms with Crippen LogP contribution in [-0.2, 0) is 0 Å². The summed E-state index contributed by atoms with van der Waals surface area (Å²) in [7, 11) is 0. The highest BCUT2D eigenvalue weighted by Crippen LogP contribution is 2.38. The molecule has 1 aliphatic rings. The summed E-state index contributed by atoms with van der Waals surface area (Å²) in [6.07, 6.45) is -2.01. The van der Waals surface area contributed by atoms with Gasteiger partial charge in [-0.1, -0.05) is 0 Å². The molecular weight excluding hydrogens is 154 g/mol. The molecule has 2 nitrogen and oxygen atoms in total. The molecule has 0 saturated heterocycles. The van der Waals surface area contributed by atoms with Gasteiger partial charge in [0.2, 0.25) is 0 Å². The average molecular weight is 166 g/mol. The van der Waals surface area contributed by atoms with Crippen LogP contribution in [0.25, 0.3) is 0 Å². The Kier molecular flexibility index (Phi) is 1.92. The van der Waals surface area contributed by atoms with E-state index in [0.29, 0.717) is 0 Å². The summed E-state index contributed by atoms with van der Waals surface area (Å²) in [4.78, 5) is 0. The van der Waals surface area contributed by atoms with Crippen LogP contribution in [0.1, 0.15) is 26.2 Å². The second kappa shape index (κ2) is 2.38. The Morgan fingerprint density at radius 2 is 2.00 bits per heavy atom. The van der Waals surface area contributed by atoms with Crippen LogP contribution in [0, 0.1) is 0 Å². The number of hydrogen-bond donors (Lipinski definition) is 2. The van der Waals surface area contributed by atoms with Crippen LogP contribution in [0.4, 0.5) is 8.78 Å². The predicted molar refractivity (Wildman–Crippen MR) is 35.4 cm³/mol. The molecule has 66 valence electrons. The first-order valence-electron chi connectivity index (χ1n) is 3.62. The Bertz CT molecular complexity index is 157. The number of aliphatic hydroxyl groups excluding tert-OH is 1. The van der Waals surface area contributed by atoms with Crippen molar-refractivity contribution in [2.45, 2.75) is 43.8 Å². The second-order valence-electron chi connectivity index (χ2n) is 3.44. The van der Waals surface area contributed by atoms with E-state index in [-0.39, 0.29) is 12.8 Å². The van der Waals surface area contributed by atoms with E-state index < -0.39 is 24.0 Å². The van der Waals surface area contributed by atoms with Crippen molar-refractivity contribution in [3.63, 3.8) is 0 Å². The van der Waals surface area contributed by atoms with Crippen molar-refractivity contribution in [1.82, 2.24) is 0 Å². The Hall–Kier alpha value is -0.220. The van der Waals surface area contributed by atoms with E-state index >= 15 is 0 Å². The van der Waals surface area contributed by atoms with Crippen molar-refractivity contribution >= 4 is 0 Å². The minimum absolute atomic E-state index is 0.0278. The molecule has 0 amide bonds. The number of halogens is 2. The Balaban J connectivity index is 2.67. The van der Waals surface area contributed by atoms with Gasteiger partial charge in [0.15, 0.2) is 0 Å². The van der Waals surface area contributed by atoms with E-state index in [0.717, 1.165) is 0 Å². The van der Waals surface area contributed by atoms with Gasteiger partial charge in [0, 0.05) is 12.8 Å². The van der Waals surface area contributed by atoms with Crippen molar-refractivity contribution in [3.05, 3.63) is 0 Å². The fourth-order valence-corrected chi connectivity index (χ4v) is 1.39. The molecule has 0 aromatic rings. The van der Waals surface area contributed by atoms with E-state index in [4.69, 9.17) is 5.11 Å². The zero-order valence-electron chi connectivity index (χ0n) is 6.35. The maximum absolute atomic E-state index is 12.6. The normalized spacial score (nSPS) is 43.9. The monoisotopic (exact) mass is 166 g/mol. The van der Waals surface area contributed by atoms with Crippen LogP contribution in [-0.4, -0.2) is 27.8 Å². The van der Waals surface area contributed by atoms with Crippen LogP contribution in [0.15, 0.2) is 0 Å². The maximum Gasteiger partial charge on any atom is 0.251 e. The molecule has 4 heteroatoms. The summed E-state index contributed by atoms with van der Waals surface area (Å²) in [5, 5.41) is 18.3. The number of rotatable bonds is 0. The van der Waals surface area contributed by atoms with Crippen molar-refractivity contribution in [3.8, 4) is 0 Å². The molecule has 1 rings (SSSR count). The summed E-state index contributed by atoms with van der Waals surface area (Å²) in [6, 6.07) is 0. The fourth-order valence-electron chi connectivity index (χ4n) is 1.39. The number of aliphatic hydroxyl groups is 2. The lowest BCUT2D eigenvalue weighted by Crippen LogP contribution is -2.48. The minimum atomic E-state index is -2.82. The summed E-state index contributed by atoms with van der Waals surface area (Å²) in [5.41, 5.74) is -1.62. The van der Waals surface area contributed by atoms with Gasteiger partial charge in [0.1, 0.15) is 0 Å². The predicted octanol–water partition coefficient (Wildman–Crippen LogP) is 0.917. The highest BCUT2D eigenvalue weighted by Gasteiger charge is 2.47. The van der Waals surface area contributed by atoms with Crippen molar-refractivity contribution < 1.29 is 19.0 Å². The summed E-state index contributed by atoms with van der Waals surface area (Å²) in [5.74, 6) is -2.82. The average Bonchev–Trinajstić information content (AvgIpc) is 1.77. The molecule has 0 aromatic carbocycles. The van der Waals surface area contributed by atoms with Crippen LogP contribution in [0.2, 0.25) is 0 Å². The molecule has 1 aliphatic carbocycles. The van der Waals surface area contributed by atoms with Gasteiger partial charge in [-0.2, -0.15) is 0 Å². The molecule has 2 atom stereocenters. The topological polar surface area (TPSA) is 40.5 Å². The molecule has 0 bridgehead atoms. The Morgan fingerprint density at radius 3 is 2.36 bits per heavy atom. The second-order valence-corrected chi connectivity index (χ2v) is 3.44. The maximum atomic E-state index is 12.6. The molecule has 0 spiro atoms. The van der Waals surface area contributed by atoms with Gasteiger partial charge in [0.25, 0.3) is 5.92 Å². The molecule has 0 radical (unpaired) electrons. The first-order chi connectivity index (χ1) is 4.83. The SMILES string of the molecule is C[C@@]1(O)CC(F)(F)CC[C@@H]1O. The summed E-state index contributed by atoms with van der Waals surface area (Å²) >= 11 is 0. The third-order valence-electron chi connectivity index (χ3n) is 2.12. The van der Waals surface area contributed by atoms with E-state index in [1.54, 1.807) is 0 Å². The van der Waals surface area contributed by atoms with E-state index in [2.05, 4.69) is 0 Å². The van der Waals surface area contributed by atoms with Gasteiger partial charge in [0.05, 0.1) is 11.7 Å². The molecule has 1 saturated carbocycles. The molecule has 0 unspecified atom stereocenters. The van der Waals surface area contributed by atoms with E-state index in [9.17, 15) is 13.9 Å². The lowest BCUT2D eigenvalue weighted by molar-refractivity contribution is -0.169. The lowest BCUT2D eigenvalue weighted by Gasteiger charge is -2.37. The standard InChI is InChI=1S/C7H12F2O2/c1-6(11)4-7(8,9)3-2-5(6)10/h5,10-11H,2-4H2,1H3/t5-,6+/m0/s1. The van der Waals surface area contributed by atoms with Crippen molar-refractivity contribution in [2.24, 2.45) is 0 Å². The zero-order chi connectivity index (χ0) is 8.70. The van der Waals surface area contributed by atoms with Gasteiger partial charge >= 0.3 is 0 Å². The van der Waals surface area contributed by atoms with Crippen molar-refractivity contribution in [2.75, 3.05) is 0 Å². The molecular formula is C7H12F2O2. The van der Waals surface area contributed by atoms with E-state index in [1.165, 1.54) is 6.92 Å². The molecule has 0 aromatic heterocycles. The molecule has 0 heterocycles. The summed E-state index contributed by atoms with van der Waals surface area (Å²) in [6.45, 7) is 1.24. The van der Waals surface area contributed by atoms with Gasteiger partial charge in [-0.05, 0) is 13.3 Å². The van der Waals surface area contributed by atoms with Gasteiger partial charge in [-0.3, -0.25) is 0 Å². The third kappa shape index (κ3) is 1.87. The van der Waals surface area contributed by atoms with Crippen LogP contribution in [0.3, 0.4) is 0 Å². The van der Waals surface area contributed by atoms with Gasteiger partial charge in [-0.25, -0.2) is 8.78 Å². The largest absolute Gasteiger partial charge is 0.390 e. The molecule has 0 aliphatic heterocycles. The summed E-state index contributed by atoms with van der Waals surface area (Å²) < 4.78 is 25.2. The highest BCUT2D eigenvalue weighted by atomic mass is 19.3. The van der Waals surface area contributed by atoms with Crippen LogP contribution < -0.4 is 0 Å². The first-order valence-corrected chi connectivity index (χ1v) is 3.62. The zero-order valence-corrected chi connectivity index (χ0v) is 6.35. The van der Waals surface area contributed by atoms with Crippen molar-refractivity contribution in [1.29, 1.82) is 0 Å². The van der Waals surface area contributed by atoms with Crippen LogP contribution >= 0.6 is 0 Å². The minimum Gasteiger partial charge on any atom is -0.390 e. The van der Waals surface area contributed by atoms with Gasteiger partial charge in [-0.15, -0.1) is 0 Å². The molecule has 2 N–H and O–H groups in total. The first kappa shape index (κ1) is 8.87. The number of hydrogen-bond acceptors (Lipinski definition) is 2. The Labute approximate surface area is 63.8 Å². The molecule has 11 heavy (non-hydrogen) atoms. The quantitative estimate of drug-likeness (QED) is 0.561. The Morgan fingerprint density at radius 1 is 1.45 bits per heavy atom. The molecule has 1 fully saturated rings. The van der Waals surface area contributed by atoms with E-state index in [1.807, 2.05) is 0 Å². The third-order valence-corrected chi connectivity index (χ3v) is 2.12. The number of alkyl halides is 2.